The Labute approximate surface area is 176 Å². The SMILES string of the molecule is CCN(C(=O)CN1C(=O)N[C@](C)(c2cccc3ccccc23)C1=O)C1=CCCCC1. The van der Waals surface area contributed by atoms with Crippen molar-refractivity contribution in [3.05, 3.63) is 59.8 Å². The van der Waals surface area contributed by atoms with Crippen LogP contribution in [0.25, 0.3) is 10.8 Å². The fourth-order valence-electron chi connectivity index (χ4n) is 4.51. The second-order valence-electron chi connectivity index (χ2n) is 8.05. The predicted molar refractivity (Wildman–Crippen MR) is 115 cm³/mol. The molecule has 0 spiro atoms. The van der Waals surface area contributed by atoms with Gasteiger partial charge < -0.3 is 10.2 Å². The fraction of sp³-hybridized carbons (Fsp3) is 0.375. The van der Waals surface area contributed by atoms with Crippen molar-refractivity contribution in [3.63, 3.8) is 0 Å². The van der Waals surface area contributed by atoms with Gasteiger partial charge >= 0.3 is 6.03 Å². The van der Waals surface area contributed by atoms with Crippen molar-refractivity contribution in [2.45, 2.75) is 45.1 Å². The molecule has 0 saturated carbocycles. The van der Waals surface area contributed by atoms with E-state index in [0.717, 1.165) is 52.6 Å². The van der Waals surface area contributed by atoms with E-state index in [1.807, 2.05) is 49.4 Å². The molecule has 4 rings (SSSR count). The summed E-state index contributed by atoms with van der Waals surface area (Å²) in [6.07, 6.45) is 6.09. The van der Waals surface area contributed by atoms with Crippen LogP contribution >= 0.6 is 0 Å². The van der Waals surface area contributed by atoms with Gasteiger partial charge in [0.05, 0.1) is 0 Å². The third kappa shape index (κ3) is 3.36. The highest BCUT2D eigenvalue weighted by Gasteiger charge is 2.50. The summed E-state index contributed by atoms with van der Waals surface area (Å²) in [6.45, 7) is 3.89. The molecule has 1 saturated heterocycles. The zero-order valence-electron chi connectivity index (χ0n) is 17.5. The molecule has 2 aliphatic rings. The van der Waals surface area contributed by atoms with Crippen molar-refractivity contribution < 1.29 is 14.4 Å². The molecular formula is C24H27N3O3. The zero-order valence-corrected chi connectivity index (χ0v) is 17.5. The van der Waals surface area contributed by atoms with E-state index in [1.54, 1.807) is 11.8 Å². The maximum atomic E-state index is 13.4. The molecule has 1 aliphatic carbocycles. The van der Waals surface area contributed by atoms with Crippen molar-refractivity contribution in [2.24, 2.45) is 0 Å². The first-order valence-corrected chi connectivity index (χ1v) is 10.6. The van der Waals surface area contributed by atoms with Crippen LogP contribution in [0.3, 0.4) is 0 Å². The average molecular weight is 405 g/mol. The Bertz CT molecular complexity index is 1040. The number of imide groups is 1. The summed E-state index contributed by atoms with van der Waals surface area (Å²) in [5.74, 6) is -0.623. The molecule has 1 fully saturated rings. The van der Waals surface area contributed by atoms with Crippen LogP contribution in [-0.4, -0.2) is 40.7 Å². The average Bonchev–Trinajstić information content (AvgIpc) is 2.98. The van der Waals surface area contributed by atoms with E-state index < -0.39 is 17.5 Å². The van der Waals surface area contributed by atoms with Gasteiger partial charge in [-0.15, -0.1) is 0 Å². The van der Waals surface area contributed by atoms with Crippen molar-refractivity contribution in [2.75, 3.05) is 13.1 Å². The number of nitrogens with zero attached hydrogens (tertiary/aromatic N) is 2. The monoisotopic (exact) mass is 405 g/mol. The summed E-state index contributed by atoms with van der Waals surface area (Å²) in [5, 5.41) is 4.74. The summed E-state index contributed by atoms with van der Waals surface area (Å²) in [6, 6.07) is 12.9. The van der Waals surface area contributed by atoms with E-state index in [1.165, 1.54) is 0 Å². The summed E-state index contributed by atoms with van der Waals surface area (Å²) in [7, 11) is 0. The number of allylic oxidation sites excluding steroid dienone is 2. The van der Waals surface area contributed by atoms with Gasteiger partial charge in [0.1, 0.15) is 12.1 Å². The lowest BCUT2D eigenvalue weighted by molar-refractivity contribution is -0.137. The fourth-order valence-corrected chi connectivity index (χ4v) is 4.51. The molecule has 4 amide bonds. The number of hydrogen-bond acceptors (Lipinski definition) is 3. The number of rotatable bonds is 5. The first-order chi connectivity index (χ1) is 14.5. The highest BCUT2D eigenvalue weighted by atomic mass is 16.2. The van der Waals surface area contributed by atoms with Crippen molar-refractivity contribution >= 4 is 28.6 Å². The Balaban J connectivity index is 1.61. The molecule has 1 aliphatic heterocycles. The molecule has 156 valence electrons. The van der Waals surface area contributed by atoms with Crippen molar-refractivity contribution in [1.29, 1.82) is 0 Å². The van der Waals surface area contributed by atoms with Crippen LogP contribution in [0.4, 0.5) is 4.79 Å². The van der Waals surface area contributed by atoms with E-state index in [0.29, 0.717) is 6.54 Å². The van der Waals surface area contributed by atoms with Gasteiger partial charge in [0.2, 0.25) is 5.91 Å². The highest BCUT2D eigenvalue weighted by molar-refractivity contribution is 6.10. The standard InChI is InChI=1S/C24H27N3O3/c1-3-26(18-12-5-4-6-13-18)21(28)16-27-22(29)24(2,25-23(27)30)20-15-9-11-17-10-7-8-14-19(17)20/h7-12,14-15H,3-6,13,16H2,1-2H3,(H,25,30)/t24-/m1/s1. The number of fused-ring (bicyclic) bond motifs is 1. The minimum atomic E-state index is -1.21. The van der Waals surface area contributed by atoms with Gasteiger partial charge in [-0.3, -0.25) is 14.5 Å². The summed E-state index contributed by atoms with van der Waals surface area (Å²) in [5.41, 5.74) is 0.521. The lowest BCUT2D eigenvalue weighted by Crippen LogP contribution is -2.44. The number of likely N-dealkylation sites (N-methyl/N-ethyl adjacent to an activating group) is 1. The number of hydrogen-bond donors (Lipinski definition) is 1. The smallest absolute Gasteiger partial charge is 0.319 e. The number of urea groups is 1. The number of amides is 4. The molecule has 6 heteroatoms. The van der Waals surface area contributed by atoms with Crippen LogP contribution in [0.5, 0.6) is 0 Å². The molecule has 0 radical (unpaired) electrons. The second-order valence-corrected chi connectivity index (χ2v) is 8.05. The topological polar surface area (TPSA) is 69.7 Å². The maximum absolute atomic E-state index is 13.4. The third-order valence-electron chi connectivity index (χ3n) is 6.13. The molecule has 30 heavy (non-hydrogen) atoms. The predicted octanol–water partition coefficient (Wildman–Crippen LogP) is 3.91. The third-order valence-corrected chi connectivity index (χ3v) is 6.13. The van der Waals surface area contributed by atoms with E-state index in [9.17, 15) is 14.4 Å². The van der Waals surface area contributed by atoms with E-state index in [4.69, 9.17) is 0 Å². The second kappa shape index (κ2) is 7.94. The van der Waals surface area contributed by atoms with Crippen LogP contribution in [0.1, 0.15) is 45.1 Å². The normalized spacial score (nSPS) is 21.5. The number of benzene rings is 2. The summed E-state index contributed by atoms with van der Waals surface area (Å²) >= 11 is 0. The van der Waals surface area contributed by atoms with Crippen molar-refractivity contribution in [3.8, 4) is 0 Å². The van der Waals surface area contributed by atoms with Gasteiger partial charge in [-0.05, 0) is 55.9 Å². The Morgan fingerprint density at radius 1 is 1.13 bits per heavy atom. The minimum Gasteiger partial charge on any atom is -0.319 e. The van der Waals surface area contributed by atoms with Crippen LogP contribution in [0, 0.1) is 0 Å². The molecule has 0 bridgehead atoms. The van der Waals surface area contributed by atoms with Crippen LogP contribution in [0.2, 0.25) is 0 Å². The summed E-state index contributed by atoms with van der Waals surface area (Å²) < 4.78 is 0. The Kier molecular flexibility index (Phi) is 5.33. The Morgan fingerprint density at radius 2 is 1.90 bits per heavy atom. The van der Waals surface area contributed by atoms with E-state index in [2.05, 4.69) is 11.4 Å². The molecule has 0 aromatic heterocycles. The van der Waals surface area contributed by atoms with Crippen molar-refractivity contribution in [1.82, 2.24) is 15.1 Å². The Morgan fingerprint density at radius 3 is 2.63 bits per heavy atom. The molecule has 2 aromatic rings. The quantitative estimate of drug-likeness (QED) is 0.767. The van der Waals surface area contributed by atoms with Crippen LogP contribution in [0.15, 0.2) is 54.2 Å². The van der Waals surface area contributed by atoms with E-state index in [-0.39, 0.29) is 12.5 Å². The molecule has 1 heterocycles. The lowest BCUT2D eigenvalue weighted by atomic mass is 9.88. The van der Waals surface area contributed by atoms with Gasteiger partial charge in [-0.2, -0.15) is 0 Å². The van der Waals surface area contributed by atoms with Crippen LogP contribution in [-0.2, 0) is 15.1 Å². The van der Waals surface area contributed by atoms with E-state index >= 15 is 0 Å². The highest BCUT2D eigenvalue weighted by Crippen LogP contribution is 2.34. The first-order valence-electron chi connectivity index (χ1n) is 10.6. The molecular weight excluding hydrogens is 378 g/mol. The Hall–Kier alpha value is -3.15. The molecule has 2 aromatic carbocycles. The van der Waals surface area contributed by atoms with Crippen LogP contribution < -0.4 is 5.32 Å². The summed E-state index contributed by atoms with van der Waals surface area (Å²) in [4.78, 5) is 41.8. The minimum absolute atomic E-state index is 0.226. The molecule has 6 nitrogen and oxygen atoms in total. The number of nitrogens with one attached hydrogen (secondary N) is 1. The van der Waals surface area contributed by atoms with Gasteiger partial charge in [-0.25, -0.2) is 4.79 Å². The van der Waals surface area contributed by atoms with Gasteiger partial charge in [0.15, 0.2) is 0 Å². The zero-order chi connectivity index (χ0) is 21.3. The largest absolute Gasteiger partial charge is 0.325 e. The first kappa shape index (κ1) is 20.1. The van der Waals surface area contributed by atoms with Gasteiger partial charge in [0, 0.05) is 12.2 Å². The number of carbonyl (C=O) groups is 3. The maximum Gasteiger partial charge on any atom is 0.325 e. The molecule has 0 unspecified atom stereocenters. The molecule has 1 atom stereocenters. The van der Waals surface area contributed by atoms with Gasteiger partial charge in [0.25, 0.3) is 5.91 Å². The molecule has 1 N–H and O–H groups in total. The lowest BCUT2D eigenvalue weighted by Gasteiger charge is -2.28. The number of carbonyl (C=O) groups excluding carboxylic acids is 3. The van der Waals surface area contributed by atoms with Gasteiger partial charge in [-0.1, -0.05) is 48.5 Å².